The van der Waals surface area contributed by atoms with Gasteiger partial charge in [-0.3, -0.25) is 9.59 Å². The molecule has 4 rings (SSSR count). The van der Waals surface area contributed by atoms with E-state index in [1.54, 1.807) is 24.3 Å². The lowest BCUT2D eigenvalue weighted by molar-refractivity contribution is -0.114. The lowest BCUT2D eigenvalue weighted by atomic mass is 10.1. The summed E-state index contributed by atoms with van der Waals surface area (Å²) in [5, 5.41) is 8.97. The Morgan fingerprint density at radius 3 is 2.28 bits per heavy atom. The number of amides is 2. The topological polar surface area (TPSA) is 79.5 Å². The number of para-hydroxylation sites is 2. The second kappa shape index (κ2) is 12.2. The van der Waals surface area contributed by atoms with Crippen LogP contribution in [0.4, 0.5) is 11.4 Å². The van der Waals surface area contributed by atoms with Crippen LogP contribution in [-0.4, -0.2) is 18.4 Å². The number of nitrogens with one attached hydrogen (secondary N) is 3. The highest BCUT2D eigenvalue weighted by Gasteiger charge is 2.13. The standard InChI is InChI=1S/C30H29N3O3/c1-22(24-13-6-3-7-14-24)32-30(35)25-15-10-16-26(19-25)33-29(34)20-31-27-17-8-9-18-28(27)36-21-23-11-4-2-5-12-23/h2-19,22,31H,20-21H2,1H3,(H,32,35)(H,33,34). The summed E-state index contributed by atoms with van der Waals surface area (Å²) in [6.07, 6.45) is 0. The molecule has 3 N–H and O–H groups in total. The number of benzene rings is 4. The molecule has 0 fully saturated rings. The molecule has 182 valence electrons. The highest BCUT2D eigenvalue weighted by molar-refractivity contribution is 5.98. The smallest absolute Gasteiger partial charge is 0.251 e. The molecule has 0 aliphatic rings. The SMILES string of the molecule is CC(NC(=O)c1cccc(NC(=O)CNc2ccccc2OCc2ccccc2)c1)c1ccccc1. The summed E-state index contributed by atoms with van der Waals surface area (Å²) < 4.78 is 5.94. The second-order valence-electron chi connectivity index (χ2n) is 8.36. The van der Waals surface area contributed by atoms with Gasteiger partial charge in [0.1, 0.15) is 12.4 Å². The highest BCUT2D eigenvalue weighted by Crippen LogP contribution is 2.24. The van der Waals surface area contributed by atoms with Crippen molar-refractivity contribution in [3.63, 3.8) is 0 Å². The summed E-state index contributed by atoms with van der Waals surface area (Å²) in [4.78, 5) is 25.3. The van der Waals surface area contributed by atoms with Crippen LogP contribution in [0.1, 0.15) is 34.5 Å². The molecule has 0 saturated heterocycles. The first-order valence-corrected chi connectivity index (χ1v) is 11.8. The summed E-state index contributed by atoms with van der Waals surface area (Å²) in [6, 6.07) is 33.9. The molecule has 1 unspecified atom stereocenters. The van der Waals surface area contributed by atoms with Crippen molar-refractivity contribution in [1.29, 1.82) is 0 Å². The third-order valence-corrected chi connectivity index (χ3v) is 5.62. The third-order valence-electron chi connectivity index (χ3n) is 5.62. The number of rotatable bonds is 10. The summed E-state index contributed by atoms with van der Waals surface area (Å²) in [5.74, 6) is 0.230. The Kier molecular flexibility index (Phi) is 8.33. The monoisotopic (exact) mass is 479 g/mol. The molecule has 0 bridgehead atoms. The quantitative estimate of drug-likeness (QED) is 0.268. The van der Waals surface area contributed by atoms with Crippen LogP contribution in [0, 0.1) is 0 Å². The average molecular weight is 480 g/mol. The Balaban J connectivity index is 1.31. The third kappa shape index (κ3) is 6.96. The van der Waals surface area contributed by atoms with Gasteiger partial charge < -0.3 is 20.7 Å². The molecule has 6 nitrogen and oxygen atoms in total. The van der Waals surface area contributed by atoms with Crippen molar-refractivity contribution in [3.05, 3.63) is 126 Å². The van der Waals surface area contributed by atoms with Crippen molar-refractivity contribution in [1.82, 2.24) is 5.32 Å². The Morgan fingerprint density at radius 1 is 0.806 bits per heavy atom. The van der Waals surface area contributed by atoms with Crippen molar-refractivity contribution in [3.8, 4) is 5.75 Å². The van der Waals surface area contributed by atoms with Crippen LogP contribution in [0.2, 0.25) is 0 Å². The maximum Gasteiger partial charge on any atom is 0.251 e. The summed E-state index contributed by atoms with van der Waals surface area (Å²) >= 11 is 0. The predicted molar refractivity (Wildman–Crippen MR) is 143 cm³/mol. The zero-order valence-electron chi connectivity index (χ0n) is 20.1. The van der Waals surface area contributed by atoms with Crippen molar-refractivity contribution < 1.29 is 14.3 Å². The Bertz CT molecular complexity index is 1290. The molecule has 0 aromatic heterocycles. The molecule has 2 amide bonds. The molecule has 0 radical (unpaired) electrons. The molecule has 0 aliphatic carbocycles. The first-order valence-electron chi connectivity index (χ1n) is 11.8. The van der Waals surface area contributed by atoms with Gasteiger partial charge in [-0.25, -0.2) is 0 Å². The van der Waals surface area contributed by atoms with Gasteiger partial charge in [0.15, 0.2) is 0 Å². The first kappa shape index (κ1) is 24.5. The lowest BCUT2D eigenvalue weighted by Crippen LogP contribution is -2.27. The second-order valence-corrected chi connectivity index (χ2v) is 8.36. The van der Waals surface area contributed by atoms with E-state index < -0.39 is 0 Å². The number of ether oxygens (including phenoxy) is 1. The fourth-order valence-electron chi connectivity index (χ4n) is 3.70. The van der Waals surface area contributed by atoms with E-state index in [1.807, 2.05) is 91.9 Å². The average Bonchev–Trinajstić information content (AvgIpc) is 2.92. The Labute approximate surface area is 211 Å². The minimum Gasteiger partial charge on any atom is -0.487 e. The fourth-order valence-corrected chi connectivity index (χ4v) is 3.70. The van der Waals surface area contributed by atoms with E-state index in [0.29, 0.717) is 23.6 Å². The molecule has 0 heterocycles. The van der Waals surface area contributed by atoms with Gasteiger partial charge in [0.2, 0.25) is 5.91 Å². The van der Waals surface area contributed by atoms with E-state index in [-0.39, 0.29) is 24.4 Å². The number of anilines is 2. The van der Waals surface area contributed by atoms with Crippen LogP contribution in [0.25, 0.3) is 0 Å². The number of carbonyl (C=O) groups is 2. The van der Waals surface area contributed by atoms with Gasteiger partial charge in [0.25, 0.3) is 5.91 Å². The number of hydrogen-bond acceptors (Lipinski definition) is 4. The van der Waals surface area contributed by atoms with Gasteiger partial charge in [0, 0.05) is 11.3 Å². The van der Waals surface area contributed by atoms with E-state index in [1.165, 1.54) is 0 Å². The molecule has 4 aromatic carbocycles. The first-order chi connectivity index (χ1) is 17.6. The summed E-state index contributed by atoms with van der Waals surface area (Å²) in [7, 11) is 0. The fraction of sp³-hybridized carbons (Fsp3) is 0.133. The molecule has 0 aliphatic heterocycles. The van der Waals surface area contributed by atoms with E-state index in [4.69, 9.17) is 4.74 Å². The summed E-state index contributed by atoms with van der Waals surface area (Å²) in [5.41, 5.74) is 3.84. The van der Waals surface area contributed by atoms with Gasteiger partial charge in [-0.15, -0.1) is 0 Å². The molecule has 6 heteroatoms. The van der Waals surface area contributed by atoms with Gasteiger partial charge in [-0.2, -0.15) is 0 Å². The van der Waals surface area contributed by atoms with Crippen LogP contribution < -0.4 is 20.7 Å². The molecule has 0 saturated carbocycles. The minimum atomic E-state index is -0.233. The molecular weight excluding hydrogens is 450 g/mol. The van der Waals surface area contributed by atoms with Gasteiger partial charge in [0.05, 0.1) is 18.3 Å². The van der Waals surface area contributed by atoms with Crippen molar-refractivity contribution in [2.24, 2.45) is 0 Å². The molecule has 4 aromatic rings. The van der Waals surface area contributed by atoms with E-state index in [9.17, 15) is 9.59 Å². The molecule has 0 spiro atoms. The minimum absolute atomic E-state index is 0.0488. The number of carbonyl (C=O) groups excluding carboxylic acids is 2. The predicted octanol–water partition coefficient (Wildman–Crippen LogP) is 5.81. The van der Waals surface area contributed by atoms with Crippen molar-refractivity contribution >= 4 is 23.2 Å². The normalized spacial score (nSPS) is 11.2. The highest BCUT2D eigenvalue weighted by atomic mass is 16.5. The van der Waals surface area contributed by atoms with Crippen LogP contribution in [0.5, 0.6) is 5.75 Å². The van der Waals surface area contributed by atoms with Crippen LogP contribution in [0.15, 0.2) is 109 Å². The molecule has 36 heavy (non-hydrogen) atoms. The van der Waals surface area contributed by atoms with Gasteiger partial charge in [-0.05, 0) is 48.4 Å². The maximum absolute atomic E-state index is 12.7. The molecule has 1 atom stereocenters. The largest absolute Gasteiger partial charge is 0.487 e. The van der Waals surface area contributed by atoms with Gasteiger partial charge in [-0.1, -0.05) is 78.9 Å². The van der Waals surface area contributed by atoms with Crippen LogP contribution in [0.3, 0.4) is 0 Å². The zero-order chi connectivity index (χ0) is 25.2. The van der Waals surface area contributed by atoms with E-state index >= 15 is 0 Å². The zero-order valence-corrected chi connectivity index (χ0v) is 20.1. The Morgan fingerprint density at radius 2 is 1.50 bits per heavy atom. The number of hydrogen-bond donors (Lipinski definition) is 3. The van der Waals surface area contributed by atoms with E-state index in [2.05, 4.69) is 16.0 Å². The van der Waals surface area contributed by atoms with Gasteiger partial charge >= 0.3 is 0 Å². The lowest BCUT2D eigenvalue weighted by Gasteiger charge is -2.15. The van der Waals surface area contributed by atoms with Crippen molar-refractivity contribution in [2.75, 3.05) is 17.2 Å². The van der Waals surface area contributed by atoms with Crippen molar-refractivity contribution in [2.45, 2.75) is 19.6 Å². The molecular formula is C30H29N3O3. The maximum atomic E-state index is 12.7. The van der Waals surface area contributed by atoms with E-state index in [0.717, 1.165) is 16.8 Å². The van der Waals surface area contributed by atoms with Crippen LogP contribution >= 0.6 is 0 Å². The Hall–Kier alpha value is -4.58. The van der Waals surface area contributed by atoms with Crippen LogP contribution in [-0.2, 0) is 11.4 Å². The summed E-state index contributed by atoms with van der Waals surface area (Å²) in [6.45, 7) is 2.42.